The van der Waals surface area contributed by atoms with Gasteiger partial charge in [-0.1, -0.05) is 31.9 Å². The second-order valence-corrected chi connectivity index (χ2v) is 6.90. The van der Waals surface area contributed by atoms with Gasteiger partial charge in [-0.05, 0) is 42.5 Å². The summed E-state index contributed by atoms with van der Waals surface area (Å²) in [5.41, 5.74) is 1.50. The van der Waals surface area contributed by atoms with Crippen molar-refractivity contribution in [1.82, 2.24) is 0 Å². The Labute approximate surface area is 161 Å². The normalized spacial score (nSPS) is 15.1. The molecule has 0 amide bonds. The molecule has 7 heteroatoms. The predicted octanol–water partition coefficient (Wildman–Crippen LogP) is 4.57. The maximum atomic E-state index is 12.2. The lowest BCUT2D eigenvalue weighted by atomic mass is 10.1. The number of hydrogen-bond acceptors (Lipinski definition) is 5. The first-order valence-corrected chi connectivity index (χ1v) is 8.80. The summed E-state index contributed by atoms with van der Waals surface area (Å²) in [7, 11) is 3.12. The molecule has 0 bridgehead atoms. The highest BCUT2D eigenvalue weighted by molar-refractivity contribution is 9.10. The van der Waals surface area contributed by atoms with E-state index in [4.69, 9.17) is 14.2 Å². The van der Waals surface area contributed by atoms with Crippen LogP contribution in [-0.2, 0) is 9.53 Å². The fraction of sp³-hybridized carbons (Fsp3) is 0.111. The SMILES string of the molecule is COc1ccc(Br)cc1C=C1N=C(c2cc(Br)ccc2OC)OC1=O. The molecule has 3 rings (SSSR count). The van der Waals surface area contributed by atoms with E-state index in [1.165, 1.54) is 0 Å². The van der Waals surface area contributed by atoms with Crippen molar-refractivity contribution in [3.8, 4) is 11.5 Å². The third-order valence-corrected chi connectivity index (χ3v) is 4.48. The Morgan fingerprint density at radius 2 is 1.64 bits per heavy atom. The first-order chi connectivity index (χ1) is 12.0. The van der Waals surface area contributed by atoms with E-state index in [1.54, 1.807) is 38.5 Å². The number of carbonyl (C=O) groups is 1. The number of aliphatic imine (C=N–C) groups is 1. The largest absolute Gasteiger partial charge is 0.496 e. The molecule has 0 spiro atoms. The van der Waals surface area contributed by atoms with Crippen molar-refractivity contribution in [3.63, 3.8) is 0 Å². The molecule has 0 radical (unpaired) electrons. The Morgan fingerprint density at radius 1 is 1.00 bits per heavy atom. The summed E-state index contributed by atoms with van der Waals surface area (Å²) < 4.78 is 17.6. The van der Waals surface area contributed by atoms with Crippen LogP contribution in [0.2, 0.25) is 0 Å². The van der Waals surface area contributed by atoms with Gasteiger partial charge in [0.2, 0.25) is 5.90 Å². The van der Waals surface area contributed by atoms with Gasteiger partial charge in [-0.2, -0.15) is 0 Å². The Morgan fingerprint density at radius 3 is 2.32 bits per heavy atom. The molecule has 0 aromatic heterocycles. The zero-order valence-electron chi connectivity index (χ0n) is 13.4. The maximum Gasteiger partial charge on any atom is 0.363 e. The highest BCUT2D eigenvalue weighted by Crippen LogP contribution is 2.30. The smallest absolute Gasteiger partial charge is 0.363 e. The minimum atomic E-state index is -0.529. The summed E-state index contributed by atoms with van der Waals surface area (Å²) in [5.74, 6) is 0.866. The van der Waals surface area contributed by atoms with Crippen molar-refractivity contribution >= 4 is 49.8 Å². The lowest BCUT2D eigenvalue weighted by Gasteiger charge is -2.07. The molecule has 0 saturated carbocycles. The molecule has 128 valence electrons. The average molecular weight is 467 g/mol. The van der Waals surface area contributed by atoms with E-state index in [2.05, 4.69) is 36.9 Å². The Balaban J connectivity index is 2.04. The second-order valence-electron chi connectivity index (χ2n) is 5.07. The molecule has 2 aromatic carbocycles. The van der Waals surface area contributed by atoms with Crippen molar-refractivity contribution in [2.75, 3.05) is 14.2 Å². The van der Waals surface area contributed by atoms with Crippen LogP contribution in [0.15, 0.2) is 56.0 Å². The molecule has 25 heavy (non-hydrogen) atoms. The summed E-state index contributed by atoms with van der Waals surface area (Å²) >= 11 is 6.80. The maximum absolute atomic E-state index is 12.2. The van der Waals surface area contributed by atoms with Gasteiger partial charge in [0.05, 0.1) is 19.8 Å². The zero-order chi connectivity index (χ0) is 18.0. The van der Waals surface area contributed by atoms with E-state index in [0.29, 0.717) is 17.1 Å². The van der Waals surface area contributed by atoms with Crippen LogP contribution in [0.3, 0.4) is 0 Å². The third-order valence-electron chi connectivity index (χ3n) is 3.50. The Kier molecular flexibility index (Phi) is 5.24. The molecular weight excluding hydrogens is 454 g/mol. The zero-order valence-corrected chi connectivity index (χ0v) is 16.5. The topological polar surface area (TPSA) is 57.1 Å². The molecule has 5 nitrogen and oxygen atoms in total. The number of cyclic esters (lactones) is 1. The molecule has 1 aliphatic heterocycles. The quantitative estimate of drug-likeness (QED) is 0.489. The van der Waals surface area contributed by atoms with Crippen LogP contribution < -0.4 is 9.47 Å². The van der Waals surface area contributed by atoms with Crippen molar-refractivity contribution in [1.29, 1.82) is 0 Å². The Hall–Kier alpha value is -2.12. The molecule has 0 atom stereocenters. The van der Waals surface area contributed by atoms with Gasteiger partial charge in [-0.15, -0.1) is 0 Å². The standard InChI is InChI=1S/C18H13Br2NO4/c1-23-15-5-3-11(19)7-10(15)8-14-18(22)25-17(21-14)13-9-12(20)4-6-16(13)24-2/h3-9H,1-2H3. The van der Waals surface area contributed by atoms with Gasteiger partial charge in [0, 0.05) is 14.5 Å². The third kappa shape index (κ3) is 3.77. The van der Waals surface area contributed by atoms with Gasteiger partial charge >= 0.3 is 5.97 Å². The average Bonchev–Trinajstić information content (AvgIpc) is 2.96. The van der Waals surface area contributed by atoms with Gasteiger partial charge in [-0.3, -0.25) is 0 Å². The highest BCUT2D eigenvalue weighted by atomic mass is 79.9. The lowest BCUT2D eigenvalue weighted by molar-refractivity contribution is -0.129. The van der Waals surface area contributed by atoms with E-state index in [-0.39, 0.29) is 11.6 Å². The van der Waals surface area contributed by atoms with Gasteiger partial charge < -0.3 is 14.2 Å². The minimum absolute atomic E-state index is 0.188. The Bertz CT molecular complexity index is 906. The summed E-state index contributed by atoms with van der Waals surface area (Å²) in [4.78, 5) is 16.5. The van der Waals surface area contributed by atoms with Crippen LogP contribution >= 0.6 is 31.9 Å². The lowest BCUT2D eigenvalue weighted by Crippen LogP contribution is -2.07. The molecule has 0 aliphatic carbocycles. The van der Waals surface area contributed by atoms with Crippen molar-refractivity contribution in [2.24, 2.45) is 4.99 Å². The number of esters is 1. The summed E-state index contributed by atoms with van der Waals surface area (Å²) in [5, 5.41) is 0. The van der Waals surface area contributed by atoms with E-state index >= 15 is 0 Å². The van der Waals surface area contributed by atoms with Crippen LogP contribution in [0.4, 0.5) is 0 Å². The van der Waals surface area contributed by atoms with E-state index in [9.17, 15) is 4.79 Å². The summed E-state index contributed by atoms with van der Waals surface area (Å²) in [6.45, 7) is 0. The molecule has 1 heterocycles. The van der Waals surface area contributed by atoms with E-state index < -0.39 is 5.97 Å². The number of nitrogens with zero attached hydrogens (tertiary/aromatic N) is 1. The van der Waals surface area contributed by atoms with Gasteiger partial charge in [-0.25, -0.2) is 9.79 Å². The highest BCUT2D eigenvalue weighted by Gasteiger charge is 2.26. The molecule has 0 fully saturated rings. The van der Waals surface area contributed by atoms with E-state index in [0.717, 1.165) is 14.5 Å². The van der Waals surface area contributed by atoms with Gasteiger partial charge in [0.1, 0.15) is 11.5 Å². The van der Waals surface area contributed by atoms with Gasteiger partial charge in [0.15, 0.2) is 5.70 Å². The predicted molar refractivity (Wildman–Crippen MR) is 102 cm³/mol. The first-order valence-electron chi connectivity index (χ1n) is 7.22. The van der Waals surface area contributed by atoms with Crippen LogP contribution in [0.1, 0.15) is 11.1 Å². The minimum Gasteiger partial charge on any atom is -0.496 e. The van der Waals surface area contributed by atoms with Crippen LogP contribution in [-0.4, -0.2) is 26.1 Å². The summed E-state index contributed by atoms with van der Waals surface area (Å²) in [6, 6.07) is 10.9. The number of halogens is 2. The molecule has 0 N–H and O–H groups in total. The van der Waals surface area contributed by atoms with Crippen molar-refractivity contribution in [3.05, 3.63) is 62.2 Å². The number of benzene rings is 2. The van der Waals surface area contributed by atoms with Crippen molar-refractivity contribution in [2.45, 2.75) is 0 Å². The van der Waals surface area contributed by atoms with Crippen LogP contribution in [0.5, 0.6) is 11.5 Å². The summed E-state index contributed by atoms with van der Waals surface area (Å²) in [6.07, 6.45) is 1.63. The molecule has 0 saturated heterocycles. The van der Waals surface area contributed by atoms with Crippen LogP contribution in [0, 0.1) is 0 Å². The number of carbonyl (C=O) groups excluding carboxylic acids is 1. The second kappa shape index (κ2) is 7.41. The van der Waals surface area contributed by atoms with Gasteiger partial charge in [0.25, 0.3) is 0 Å². The fourth-order valence-electron chi connectivity index (χ4n) is 2.34. The number of hydrogen-bond donors (Lipinski definition) is 0. The molecule has 2 aromatic rings. The fourth-order valence-corrected chi connectivity index (χ4v) is 3.08. The number of ether oxygens (including phenoxy) is 3. The van der Waals surface area contributed by atoms with E-state index in [1.807, 2.05) is 18.2 Å². The monoisotopic (exact) mass is 465 g/mol. The molecule has 1 aliphatic rings. The first kappa shape index (κ1) is 17.7. The van der Waals surface area contributed by atoms with Crippen molar-refractivity contribution < 1.29 is 19.0 Å². The number of methoxy groups -OCH3 is 2. The molecule has 0 unspecified atom stereocenters. The van der Waals surface area contributed by atoms with Crippen LogP contribution in [0.25, 0.3) is 6.08 Å². The number of rotatable bonds is 4. The molecular formula is C18H13Br2NO4.